The first-order chi connectivity index (χ1) is 8.61. The lowest BCUT2D eigenvalue weighted by molar-refractivity contribution is -0.0193. The Morgan fingerprint density at radius 1 is 1.44 bits per heavy atom. The number of aliphatic hydroxyl groups is 1. The highest BCUT2D eigenvalue weighted by atomic mass is 16.5. The molecule has 0 spiro atoms. The minimum Gasteiger partial charge on any atom is -0.394 e. The summed E-state index contributed by atoms with van der Waals surface area (Å²) in [6.45, 7) is 8.60. The number of nitrogens with one attached hydrogen (secondary N) is 1. The molecular formula is C14H28N2O2. The van der Waals surface area contributed by atoms with Crippen LogP contribution in [0.5, 0.6) is 0 Å². The highest BCUT2D eigenvalue weighted by molar-refractivity contribution is 4.92. The first kappa shape index (κ1) is 14.3. The number of ether oxygens (including phenoxy) is 1. The topological polar surface area (TPSA) is 44.7 Å². The van der Waals surface area contributed by atoms with Crippen molar-refractivity contribution in [1.29, 1.82) is 0 Å². The summed E-state index contributed by atoms with van der Waals surface area (Å²) in [6, 6.07) is 0.658. The Labute approximate surface area is 111 Å². The molecule has 1 saturated heterocycles. The van der Waals surface area contributed by atoms with E-state index < -0.39 is 0 Å². The summed E-state index contributed by atoms with van der Waals surface area (Å²) in [4.78, 5) is 2.48. The minimum atomic E-state index is -0.0843. The Morgan fingerprint density at radius 2 is 2.22 bits per heavy atom. The van der Waals surface area contributed by atoms with Crippen molar-refractivity contribution in [2.24, 2.45) is 0 Å². The normalized spacial score (nSPS) is 29.2. The van der Waals surface area contributed by atoms with Crippen molar-refractivity contribution in [3.05, 3.63) is 0 Å². The van der Waals surface area contributed by atoms with E-state index in [0.717, 1.165) is 39.1 Å². The second-order valence-electron chi connectivity index (χ2n) is 6.22. The monoisotopic (exact) mass is 256 g/mol. The molecule has 106 valence electrons. The molecule has 2 aliphatic rings. The van der Waals surface area contributed by atoms with Gasteiger partial charge in [-0.15, -0.1) is 0 Å². The van der Waals surface area contributed by atoms with Gasteiger partial charge in [-0.05, 0) is 46.1 Å². The fraction of sp³-hybridized carbons (Fsp3) is 1.00. The molecule has 4 nitrogen and oxygen atoms in total. The summed E-state index contributed by atoms with van der Waals surface area (Å²) in [5, 5.41) is 13.1. The smallest absolute Gasteiger partial charge is 0.0674 e. The molecule has 4 heteroatoms. The number of rotatable bonds is 7. The highest BCUT2D eigenvalue weighted by Crippen LogP contribution is 2.24. The van der Waals surface area contributed by atoms with Gasteiger partial charge in [-0.1, -0.05) is 0 Å². The maximum absolute atomic E-state index is 9.54. The van der Waals surface area contributed by atoms with E-state index in [1.165, 1.54) is 12.8 Å². The zero-order valence-electron chi connectivity index (χ0n) is 11.8. The minimum absolute atomic E-state index is 0.0843. The second-order valence-corrected chi connectivity index (χ2v) is 6.22. The molecule has 1 aliphatic heterocycles. The number of hydrogen-bond acceptors (Lipinski definition) is 4. The van der Waals surface area contributed by atoms with E-state index in [9.17, 15) is 5.11 Å². The lowest BCUT2D eigenvalue weighted by Gasteiger charge is -2.33. The fourth-order valence-corrected chi connectivity index (χ4v) is 2.70. The molecule has 1 heterocycles. The number of aliphatic hydroxyl groups excluding tert-OH is 1. The molecule has 18 heavy (non-hydrogen) atoms. The summed E-state index contributed by atoms with van der Waals surface area (Å²) in [6.07, 6.45) is 5.11. The zero-order valence-corrected chi connectivity index (χ0v) is 11.8. The number of hydrogen-bond donors (Lipinski definition) is 2. The van der Waals surface area contributed by atoms with Gasteiger partial charge < -0.3 is 15.2 Å². The van der Waals surface area contributed by atoms with Gasteiger partial charge in [0.1, 0.15) is 0 Å². The van der Waals surface area contributed by atoms with E-state index in [1.807, 2.05) is 0 Å². The predicted octanol–water partition coefficient (Wildman–Crippen LogP) is 0.990. The van der Waals surface area contributed by atoms with Crippen molar-refractivity contribution < 1.29 is 9.84 Å². The molecule has 0 radical (unpaired) electrons. The molecular weight excluding hydrogens is 228 g/mol. The van der Waals surface area contributed by atoms with Crippen molar-refractivity contribution in [3.63, 3.8) is 0 Å². The average molecular weight is 256 g/mol. The van der Waals surface area contributed by atoms with Crippen LogP contribution in [0, 0.1) is 0 Å². The molecule has 0 amide bonds. The van der Waals surface area contributed by atoms with Gasteiger partial charge in [0.2, 0.25) is 0 Å². The Kier molecular flexibility index (Phi) is 5.01. The average Bonchev–Trinajstić information content (AvgIpc) is 3.13. The van der Waals surface area contributed by atoms with Crippen molar-refractivity contribution >= 4 is 0 Å². The lowest BCUT2D eigenvalue weighted by atomic mass is 9.96. The van der Waals surface area contributed by atoms with Crippen LogP contribution in [0.2, 0.25) is 0 Å². The molecule has 1 saturated carbocycles. The third-order valence-electron chi connectivity index (χ3n) is 4.01. The lowest BCUT2D eigenvalue weighted by Crippen LogP contribution is -2.48. The zero-order chi connectivity index (χ0) is 13.0. The van der Waals surface area contributed by atoms with Gasteiger partial charge in [0.25, 0.3) is 0 Å². The van der Waals surface area contributed by atoms with E-state index in [2.05, 4.69) is 24.1 Å². The quantitative estimate of drug-likeness (QED) is 0.713. The molecule has 0 aromatic carbocycles. The van der Waals surface area contributed by atoms with E-state index in [-0.39, 0.29) is 12.1 Å². The number of morpholine rings is 1. The Balaban J connectivity index is 1.66. The molecule has 1 aliphatic carbocycles. The third-order valence-corrected chi connectivity index (χ3v) is 4.01. The van der Waals surface area contributed by atoms with Crippen LogP contribution in [0.15, 0.2) is 0 Å². The standard InChI is InChI=1S/C14H28N2O2/c1-12-10-16(8-9-18-12)7-3-6-14(2,11-17)15-13-4-5-13/h12-13,15,17H,3-11H2,1-2H3. The van der Waals surface area contributed by atoms with Crippen molar-refractivity contribution in [2.45, 2.75) is 57.2 Å². The Morgan fingerprint density at radius 3 is 2.83 bits per heavy atom. The molecule has 2 unspecified atom stereocenters. The molecule has 0 bridgehead atoms. The predicted molar refractivity (Wildman–Crippen MR) is 72.7 cm³/mol. The van der Waals surface area contributed by atoms with Crippen LogP contribution < -0.4 is 5.32 Å². The van der Waals surface area contributed by atoms with Crippen LogP contribution in [0.25, 0.3) is 0 Å². The fourth-order valence-electron chi connectivity index (χ4n) is 2.70. The molecule has 2 rings (SSSR count). The van der Waals surface area contributed by atoms with Gasteiger partial charge in [-0.25, -0.2) is 0 Å². The molecule has 2 atom stereocenters. The van der Waals surface area contributed by atoms with Crippen LogP contribution in [0.1, 0.15) is 39.5 Å². The highest BCUT2D eigenvalue weighted by Gasteiger charge is 2.31. The van der Waals surface area contributed by atoms with Crippen molar-refractivity contribution in [2.75, 3.05) is 32.8 Å². The molecule has 2 fully saturated rings. The van der Waals surface area contributed by atoms with Gasteiger partial charge in [0.15, 0.2) is 0 Å². The van der Waals surface area contributed by atoms with Crippen molar-refractivity contribution in [3.8, 4) is 0 Å². The molecule has 2 N–H and O–H groups in total. The first-order valence-electron chi connectivity index (χ1n) is 7.34. The SMILES string of the molecule is CC1CN(CCCC(C)(CO)NC2CC2)CCO1. The Bertz CT molecular complexity index is 258. The largest absolute Gasteiger partial charge is 0.394 e. The third kappa shape index (κ3) is 4.50. The molecule has 0 aromatic rings. The van der Waals surface area contributed by atoms with Crippen LogP contribution >= 0.6 is 0 Å². The van der Waals surface area contributed by atoms with Gasteiger partial charge in [0.05, 0.1) is 19.3 Å². The van der Waals surface area contributed by atoms with Gasteiger partial charge in [0, 0.05) is 24.7 Å². The van der Waals surface area contributed by atoms with Gasteiger partial charge in [-0.2, -0.15) is 0 Å². The number of nitrogens with zero attached hydrogens (tertiary/aromatic N) is 1. The summed E-state index contributed by atoms with van der Waals surface area (Å²) in [5.74, 6) is 0. The van der Waals surface area contributed by atoms with Crippen molar-refractivity contribution in [1.82, 2.24) is 10.2 Å². The summed E-state index contributed by atoms with van der Waals surface area (Å²) < 4.78 is 5.54. The van der Waals surface area contributed by atoms with Crippen LogP contribution in [0.4, 0.5) is 0 Å². The van der Waals surface area contributed by atoms with Crippen LogP contribution in [-0.2, 0) is 4.74 Å². The summed E-state index contributed by atoms with van der Waals surface area (Å²) in [7, 11) is 0. The Hall–Kier alpha value is -0.160. The molecule has 0 aromatic heterocycles. The maximum Gasteiger partial charge on any atom is 0.0674 e. The van der Waals surface area contributed by atoms with Gasteiger partial charge in [-0.3, -0.25) is 4.90 Å². The van der Waals surface area contributed by atoms with Gasteiger partial charge >= 0.3 is 0 Å². The maximum atomic E-state index is 9.54. The first-order valence-corrected chi connectivity index (χ1v) is 7.34. The van der Waals surface area contributed by atoms with E-state index in [0.29, 0.717) is 12.1 Å². The van der Waals surface area contributed by atoms with E-state index in [1.54, 1.807) is 0 Å². The second kappa shape index (κ2) is 6.33. The summed E-state index contributed by atoms with van der Waals surface area (Å²) >= 11 is 0. The van der Waals surface area contributed by atoms with Crippen LogP contribution in [-0.4, -0.2) is 60.5 Å². The summed E-state index contributed by atoms with van der Waals surface area (Å²) in [5.41, 5.74) is -0.0843. The van der Waals surface area contributed by atoms with E-state index in [4.69, 9.17) is 4.74 Å². The van der Waals surface area contributed by atoms with Crippen LogP contribution in [0.3, 0.4) is 0 Å². The van der Waals surface area contributed by atoms with E-state index >= 15 is 0 Å².